The van der Waals surface area contributed by atoms with E-state index in [1.54, 1.807) is 6.92 Å². The lowest BCUT2D eigenvalue weighted by Gasteiger charge is -2.32. The van der Waals surface area contributed by atoms with Crippen LogP contribution in [0.1, 0.15) is 37.3 Å². The first-order valence-corrected chi connectivity index (χ1v) is 9.98. The molecule has 2 N–H and O–H groups in total. The Kier molecular flexibility index (Phi) is 5.28. The van der Waals surface area contributed by atoms with Crippen LogP contribution < -0.4 is 5.32 Å². The number of hydrogen-bond donors (Lipinski definition) is 2. The molecular formula is C22H27N5O. The van der Waals surface area contributed by atoms with Gasteiger partial charge < -0.3 is 10.2 Å². The van der Waals surface area contributed by atoms with Crippen LogP contribution in [0.2, 0.25) is 0 Å². The Morgan fingerprint density at radius 2 is 1.96 bits per heavy atom. The number of dihydropyridines is 1. The Bertz CT molecular complexity index is 902. The Morgan fingerprint density at radius 1 is 1.21 bits per heavy atom. The molecule has 6 heteroatoms. The van der Waals surface area contributed by atoms with Gasteiger partial charge in [0.05, 0.1) is 5.69 Å². The first kappa shape index (κ1) is 18.5. The Hall–Kier alpha value is -2.89. The minimum absolute atomic E-state index is 0.159. The largest absolute Gasteiger partial charge is 0.365 e. The number of amides is 1. The summed E-state index contributed by atoms with van der Waals surface area (Å²) in [4.78, 5) is 17.8. The van der Waals surface area contributed by atoms with Crippen LogP contribution in [0.25, 0.3) is 16.8 Å². The highest BCUT2D eigenvalue weighted by molar-refractivity contribution is 5.93. The zero-order valence-corrected chi connectivity index (χ0v) is 16.5. The average Bonchev–Trinajstić information content (AvgIpc) is 3.13. The number of nitrogens with one attached hydrogen (secondary N) is 2. The van der Waals surface area contributed by atoms with Crippen LogP contribution in [0.15, 0.2) is 35.3 Å². The smallest absolute Gasteiger partial charge is 0.219 e. The maximum atomic E-state index is 11.6. The van der Waals surface area contributed by atoms with Crippen molar-refractivity contribution in [2.45, 2.75) is 39.2 Å². The molecule has 1 aromatic heterocycles. The van der Waals surface area contributed by atoms with Crippen molar-refractivity contribution in [1.82, 2.24) is 15.1 Å². The molecule has 0 atom stereocenters. The van der Waals surface area contributed by atoms with Crippen LogP contribution in [0.5, 0.6) is 0 Å². The van der Waals surface area contributed by atoms with Crippen LogP contribution in [0.3, 0.4) is 0 Å². The van der Waals surface area contributed by atoms with Crippen molar-refractivity contribution >= 4 is 23.5 Å². The number of benzene rings is 1. The van der Waals surface area contributed by atoms with Gasteiger partial charge in [-0.3, -0.25) is 14.9 Å². The van der Waals surface area contributed by atoms with E-state index < -0.39 is 0 Å². The summed E-state index contributed by atoms with van der Waals surface area (Å²) in [5, 5.41) is 11.5. The van der Waals surface area contributed by atoms with Gasteiger partial charge in [-0.15, -0.1) is 0 Å². The monoisotopic (exact) mass is 377 g/mol. The van der Waals surface area contributed by atoms with E-state index in [1.165, 1.54) is 11.1 Å². The minimum Gasteiger partial charge on any atom is -0.365 e. The summed E-state index contributed by atoms with van der Waals surface area (Å²) in [5.74, 6) is 1.06. The molecule has 2 aliphatic rings. The molecule has 1 fully saturated rings. The SMILES string of the molecule is CC(=O)N1CCC(Nc2n[nH]c(-c3ccc(C)cc3)c2C2=CC=NCC2)CC1. The maximum absolute atomic E-state index is 11.6. The Labute approximate surface area is 165 Å². The van der Waals surface area contributed by atoms with Gasteiger partial charge in [0.1, 0.15) is 0 Å². The minimum atomic E-state index is 0.159. The fourth-order valence-electron chi connectivity index (χ4n) is 3.91. The number of piperidine rings is 1. The Balaban J connectivity index is 1.62. The topological polar surface area (TPSA) is 73.4 Å². The van der Waals surface area contributed by atoms with E-state index >= 15 is 0 Å². The van der Waals surface area contributed by atoms with Gasteiger partial charge in [-0.1, -0.05) is 29.8 Å². The van der Waals surface area contributed by atoms with E-state index in [4.69, 9.17) is 0 Å². The number of aliphatic imine (C=N–C) groups is 1. The summed E-state index contributed by atoms with van der Waals surface area (Å²) in [6.07, 6.45) is 6.76. The molecule has 0 saturated carbocycles. The van der Waals surface area contributed by atoms with Gasteiger partial charge in [0, 0.05) is 49.9 Å². The van der Waals surface area contributed by atoms with Crippen LogP contribution in [-0.4, -0.2) is 52.9 Å². The standard InChI is InChI=1S/C22H27N5O/c1-15-3-5-18(6-4-15)21-20(17-7-11-23-12-8-17)22(26-25-21)24-19-9-13-27(14-10-19)16(2)28/h3-7,11,19H,8-10,12-14H2,1-2H3,(H2,24,25,26). The number of H-pyrrole nitrogens is 1. The predicted octanol–water partition coefficient (Wildman–Crippen LogP) is 3.67. The first-order valence-electron chi connectivity index (χ1n) is 9.98. The lowest BCUT2D eigenvalue weighted by molar-refractivity contribution is -0.129. The molecule has 3 heterocycles. The van der Waals surface area contributed by atoms with Crippen molar-refractivity contribution in [2.75, 3.05) is 25.0 Å². The molecule has 2 aliphatic heterocycles. The summed E-state index contributed by atoms with van der Waals surface area (Å²) >= 11 is 0. The zero-order chi connectivity index (χ0) is 19.5. The lowest BCUT2D eigenvalue weighted by atomic mass is 9.96. The van der Waals surface area contributed by atoms with Crippen LogP contribution in [0, 0.1) is 6.92 Å². The van der Waals surface area contributed by atoms with Crippen molar-refractivity contribution in [3.8, 4) is 11.3 Å². The summed E-state index contributed by atoms with van der Waals surface area (Å²) < 4.78 is 0. The number of anilines is 1. The second kappa shape index (κ2) is 8.00. The normalized spacial score (nSPS) is 17.5. The number of aryl methyl sites for hydroxylation is 1. The number of carbonyl (C=O) groups excluding carboxylic acids is 1. The third-order valence-electron chi connectivity index (χ3n) is 5.60. The highest BCUT2D eigenvalue weighted by Crippen LogP contribution is 2.36. The van der Waals surface area contributed by atoms with E-state index in [9.17, 15) is 4.79 Å². The zero-order valence-electron chi connectivity index (χ0n) is 16.5. The molecule has 6 nitrogen and oxygen atoms in total. The molecule has 0 radical (unpaired) electrons. The van der Waals surface area contributed by atoms with Crippen LogP contribution >= 0.6 is 0 Å². The van der Waals surface area contributed by atoms with Gasteiger partial charge in [0.15, 0.2) is 5.82 Å². The molecule has 4 rings (SSSR count). The number of aromatic nitrogens is 2. The van der Waals surface area contributed by atoms with Crippen LogP contribution in [-0.2, 0) is 4.79 Å². The van der Waals surface area contributed by atoms with E-state index in [0.29, 0.717) is 6.04 Å². The average molecular weight is 377 g/mol. The van der Waals surface area contributed by atoms with Gasteiger partial charge in [-0.2, -0.15) is 5.10 Å². The molecule has 0 unspecified atom stereocenters. The second-order valence-electron chi connectivity index (χ2n) is 7.61. The van der Waals surface area contributed by atoms with E-state index in [0.717, 1.165) is 61.5 Å². The predicted molar refractivity (Wildman–Crippen MR) is 114 cm³/mol. The molecule has 1 aromatic carbocycles. The summed E-state index contributed by atoms with van der Waals surface area (Å²) in [5.41, 5.74) is 5.82. The van der Waals surface area contributed by atoms with Gasteiger partial charge in [0.25, 0.3) is 0 Å². The van der Waals surface area contributed by atoms with Gasteiger partial charge in [-0.25, -0.2) is 0 Å². The van der Waals surface area contributed by atoms with Crippen molar-refractivity contribution in [2.24, 2.45) is 4.99 Å². The van der Waals surface area contributed by atoms with Crippen LogP contribution in [0.4, 0.5) is 5.82 Å². The molecule has 2 aromatic rings. The first-order chi connectivity index (χ1) is 13.6. The van der Waals surface area contributed by atoms with Crippen molar-refractivity contribution < 1.29 is 4.79 Å². The lowest BCUT2D eigenvalue weighted by Crippen LogP contribution is -2.41. The van der Waals surface area contributed by atoms with E-state index in [1.807, 2.05) is 11.1 Å². The van der Waals surface area contributed by atoms with Gasteiger partial charge >= 0.3 is 0 Å². The van der Waals surface area contributed by atoms with Gasteiger partial charge in [0.2, 0.25) is 5.91 Å². The molecule has 0 bridgehead atoms. The molecular weight excluding hydrogens is 350 g/mol. The quantitative estimate of drug-likeness (QED) is 0.854. The van der Waals surface area contributed by atoms with Crippen molar-refractivity contribution in [1.29, 1.82) is 0 Å². The molecule has 1 saturated heterocycles. The number of carbonyl (C=O) groups is 1. The molecule has 146 valence electrons. The Morgan fingerprint density at radius 3 is 2.61 bits per heavy atom. The molecule has 0 spiro atoms. The van der Waals surface area contributed by atoms with E-state index in [-0.39, 0.29) is 5.91 Å². The van der Waals surface area contributed by atoms with E-state index in [2.05, 4.69) is 57.8 Å². The highest BCUT2D eigenvalue weighted by Gasteiger charge is 2.24. The molecule has 1 amide bonds. The third-order valence-corrected chi connectivity index (χ3v) is 5.60. The summed E-state index contributed by atoms with van der Waals surface area (Å²) in [6, 6.07) is 8.85. The number of hydrogen-bond acceptors (Lipinski definition) is 4. The number of nitrogens with zero attached hydrogens (tertiary/aromatic N) is 3. The summed E-state index contributed by atoms with van der Waals surface area (Å²) in [7, 11) is 0. The number of rotatable bonds is 4. The number of allylic oxidation sites excluding steroid dienone is 1. The fourth-order valence-corrected chi connectivity index (χ4v) is 3.91. The number of likely N-dealkylation sites (tertiary alicyclic amines) is 1. The molecule has 28 heavy (non-hydrogen) atoms. The maximum Gasteiger partial charge on any atom is 0.219 e. The second-order valence-corrected chi connectivity index (χ2v) is 7.61. The molecule has 0 aliphatic carbocycles. The van der Waals surface area contributed by atoms with Gasteiger partial charge in [-0.05, 0) is 37.8 Å². The third kappa shape index (κ3) is 3.86. The van der Waals surface area contributed by atoms with Crippen molar-refractivity contribution in [3.05, 3.63) is 41.5 Å². The summed E-state index contributed by atoms with van der Waals surface area (Å²) in [6.45, 7) is 6.14. The highest BCUT2D eigenvalue weighted by atomic mass is 16.2. The van der Waals surface area contributed by atoms with Crippen molar-refractivity contribution in [3.63, 3.8) is 0 Å². The number of aromatic amines is 1. The fraction of sp³-hybridized carbons (Fsp3) is 0.409.